The number of esters is 1. The summed E-state index contributed by atoms with van der Waals surface area (Å²) in [5, 5.41) is 9.11. The van der Waals surface area contributed by atoms with Crippen molar-refractivity contribution in [1.29, 1.82) is 0 Å². The van der Waals surface area contributed by atoms with Crippen molar-refractivity contribution in [2.24, 2.45) is 0 Å². The van der Waals surface area contributed by atoms with E-state index in [4.69, 9.17) is 5.11 Å². The van der Waals surface area contributed by atoms with Gasteiger partial charge in [-0.3, -0.25) is 9.69 Å². The highest BCUT2D eigenvalue weighted by molar-refractivity contribution is 8.03. The summed E-state index contributed by atoms with van der Waals surface area (Å²) in [6.45, 7) is -0.173. The SMILES string of the molecule is COC(=O)C(CO)N1CSCCSC1. The maximum atomic E-state index is 11.3. The molecule has 1 atom stereocenters. The Balaban J connectivity index is 2.52. The first-order chi connectivity index (χ1) is 6.79. The van der Waals surface area contributed by atoms with Gasteiger partial charge in [0.25, 0.3) is 0 Å². The molecule has 1 rings (SSSR count). The lowest BCUT2D eigenvalue weighted by atomic mass is 10.3. The molecule has 0 amide bonds. The first-order valence-corrected chi connectivity index (χ1v) is 6.68. The Hall–Kier alpha value is 0.0900. The minimum absolute atomic E-state index is 0.173. The number of aliphatic hydroxyl groups excluding tert-OH is 1. The molecule has 6 heteroatoms. The van der Waals surface area contributed by atoms with Crippen molar-refractivity contribution in [3.05, 3.63) is 0 Å². The van der Waals surface area contributed by atoms with Gasteiger partial charge in [0.1, 0.15) is 6.04 Å². The number of rotatable bonds is 3. The van der Waals surface area contributed by atoms with Crippen LogP contribution in [0.15, 0.2) is 0 Å². The lowest BCUT2D eigenvalue weighted by Crippen LogP contribution is -2.43. The van der Waals surface area contributed by atoms with Gasteiger partial charge in [0, 0.05) is 23.3 Å². The van der Waals surface area contributed by atoms with Crippen LogP contribution >= 0.6 is 23.5 Å². The van der Waals surface area contributed by atoms with Crippen LogP contribution in [0, 0.1) is 0 Å². The molecule has 14 heavy (non-hydrogen) atoms. The van der Waals surface area contributed by atoms with E-state index in [9.17, 15) is 4.79 Å². The van der Waals surface area contributed by atoms with E-state index in [0.29, 0.717) is 0 Å². The van der Waals surface area contributed by atoms with Crippen LogP contribution in [0.1, 0.15) is 0 Å². The van der Waals surface area contributed by atoms with Gasteiger partial charge in [-0.1, -0.05) is 0 Å². The van der Waals surface area contributed by atoms with E-state index < -0.39 is 6.04 Å². The highest BCUT2D eigenvalue weighted by atomic mass is 32.2. The number of carbonyl (C=O) groups excluding carboxylic acids is 1. The van der Waals surface area contributed by atoms with Gasteiger partial charge < -0.3 is 9.84 Å². The molecule has 1 saturated heterocycles. The number of hydrogen-bond donors (Lipinski definition) is 1. The van der Waals surface area contributed by atoms with Gasteiger partial charge in [-0.2, -0.15) is 0 Å². The molecule has 1 N–H and O–H groups in total. The van der Waals surface area contributed by atoms with E-state index in [1.165, 1.54) is 7.11 Å². The summed E-state index contributed by atoms with van der Waals surface area (Å²) in [6, 6.07) is -0.502. The molecule has 1 unspecified atom stereocenters. The average molecular weight is 237 g/mol. The van der Waals surface area contributed by atoms with Gasteiger partial charge in [0.2, 0.25) is 0 Å². The highest BCUT2D eigenvalue weighted by Gasteiger charge is 2.26. The Labute approximate surface area is 92.4 Å². The smallest absolute Gasteiger partial charge is 0.325 e. The van der Waals surface area contributed by atoms with E-state index in [1.54, 1.807) is 23.5 Å². The second-order valence-electron chi connectivity index (χ2n) is 2.88. The molecule has 0 aliphatic carbocycles. The van der Waals surface area contributed by atoms with Gasteiger partial charge in [-0.05, 0) is 0 Å². The van der Waals surface area contributed by atoms with Crippen molar-refractivity contribution in [3.8, 4) is 0 Å². The Morgan fingerprint density at radius 1 is 1.50 bits per heavy atom. The summed E-state index contributed by atoms with van der Waals surface area (Å²) in [5.41, 5.74) is 0. The van der Waals surface area contributed by atoms with Crippen LogP contribution < -0.4 is 0 Å². The van der Waals surface area contributed by atoms with E-state index in [2.05, 4.69) is 4.74 Å². The largest absolute Gasteiger partial charge is 0.468 e. The van der Waals surface area contributed by atoms with Crippen LogP contribution in [0.2, 0.25) is 0 Å². The maximum absolute atomic E-state index is 11.3. The van der Waals surface area contributed by atoms with Crippen LogP contribution in [0.3, 0.4) is 0 Å². The Kier molecular flexibility index (Phi) is 5.69. The number of ether oxygens (including phenoxy) is 1. The summed E-state index contributed by atoms with van der Waals surface area (Å²) < 4.78 is 4.64. The van der Waals surface area contributed by atoms with Crippen LogP contribution in [0.4, 0.5) is 0 Å². The third-order valence-electron chi connectivity index (χ3n) is 1.97. The molecule has 82 valence electrons. The second kappa shape index (κ2) is 6.55. The van der Waals surface area contributed by atoms with Gasteiger partial charge in [-0.25, -0.2) is 0 Å². The molecule has 0 bridgehead atoms. The van der Waals surface area contributed by atoms with Crippen molar-refractivity contribution >= 4 is 29.5 Å². The van der Waals surface area contributed by atoms with Crippen molar-refractivity contribution in [1.82, 2.24) is 4.90 Å². The van der Waals surface area contributed by atoms with Crippen LogP contribution in [0.5, 0.6) is 0 Å². The van der Waals surface area contributed by atoms with E-state index in [1.807, 2.05) is 4.90 Å². The van der Waals surface area contributed by atoms with Crippen LogP contribution in [0.25, 0.3) is 0 Å². The molecule has 0 aromatic heterocycles. The molecule has 0 saturated carbocycles. The van der Waals surface area contributed by atoms with E-state index in [0.717, 1.165) is 23.3 Å². The number of thioether (sulfide) groups is 2. The molecule has 1 fully saturated rings. The van der Waals surface area contributed by atoms with Crippen LogP contribution in [-0.4, -0.2) is 59.0 Å². The Bertz CT molecular complexity index is 183. The lowest BCUT2D eigenvalue weighted by molar-refractivity contribution is -0.147. The third-order valence-corrected chi connectivity index (χ3v) is 4.25. The van der Waals surface area contributed by atoms with Gasteiger partial charge in [-0.15, -0.1) is 23.5 Å². The second-order valence-corrected chi connectivity index (χ2v) is 5.03. The standard InChI is InChI=1S/C8H15NO3S2/c1-12-8(11)7(4-10)9-5-13-2-3-14-6-9/h7,10H,2-6H2,1H3. The zero-order chi connectivity index (χ0) is 10.4. The van der Waals surface area contributed by atoms with Gasteiger partial charge in [0.15, 0.2) is 0 Å². The highest BCUT2D eigenvalue weighted by Crippen LogP contribution is 2.19. The number of methoxy groups -OCH3 is 1. The number of aliphatic hydroxyl groups is 1. The fourth-order valence-electron chi connectivity index (χ4n) is 1.17. The molecule has 4 nitrogen and oxygen atoms in total. The predicted octanol–water partition coefficient (Wildman–Crippen LogP) is 0.217. The summed E-state index contributed by atoms with van der Waals surface area (Å²) >= 11 is 3.56. The number of carbonyl (C=O) groups is 1. The molecular formula is C8H15NO3S2. The maximum Gasteiger partial charge on any atom is 0.325 e. The summed E-state index contributed by atoms with van der Waals surface area (Å²) in [4.78, 5) is 13.3. The lowest BCUT2D eigenvalue weighted by Gasteiger charge is -2.25. The monoisotopic (exact) mass is 237 g/mol. The summed E-state index contributed by atoms with van der Waals surface area (Å²) in [5.74, 6) is 3.41. The normalized spacial score (nSPS) is 21.3. The van der Waals surface area contributed by atoms with Crippen LogP contribution in [-0.2, 0) is 9.53 Å². The quantitative estimate of drug-likeness (QED) is 0.709. The number of hydrogen-bond acceptors (Lipinski definition) is 6. The topological polar surface area (TPSA) is 49.8 Å². The van der Waals surface area contributed by atoms with Gasteiger partial charge in [0.05, 0.1) is 13.7 Å². The van der Waals surface area contributed by atoms with Crippen molar-refractivity contribution in [2.75, 3.05) is 37.0 Å². The molecule has 0 aromatic rings. The molecule has 0 aromatic carbocycles. The van der Waals surface area contributed by atoms with Crippen molar-refractivity contribution in [3.63, 3.8) is 0 Å². The van der Waals surface area contributed by atoms with Gasteiger partial charge >= 0.3 is 5.97 Å². The van der Waals surface area contributed by atoms with E-state index >= 15 is 0 Å². The average Bonchev–Trinajstić information content (AvgIpc) is 2.47. The fraction of sp³-hybridized carbons (Fsp3) is 0.875. The minimum Gasteiger partial charge on any atom is -0.468 e. The number of nitrogens with zero attached hydrogens (tertiary/aromatic N) is 1. The Morgan fingerprint density at radius 2 is 2.07 bits per heavy atom. The van der Waals surface area contributed by atoms with Crippen molar-refractivity contribution < 1.29 is 14.6 Å². The first-order valence-electron chi connectivity index (χ1n) is 4.38. The third kappa shape index (κ3) is 3.34. The molecule has 1 aliphatic heterocycles. The fourth-order valence-corrected chi connectivity index (χ4v) is 3.50. The molecule has 1 heterocycles. The summed E-state index contributed by atoms with van der Waals surface area (Å²) in [6.07, 6.45) is 0. The Morgan fingerprint density at radius 3 is 2.50 bits per heavy atom. The van der Waals surface area contributed by atoms with E-state index in [-0.39, 0.29) is 12.6 Å². The zero-order valence-electron chi connectivity index (χ0n) is 8.14. The minimum atomic E-state index is -0.502. The molecule has 0 spiro atoms. The first kappa shape index (κ1) is 12.2. The molecular weight excluding hydrogens is 222 g/mol. The zero-order valence-corrected chi connectivity index (χ0v) is 9.77. The molecule has 1 aliphatic rings. The summed E-state index contributed by atoms with van der Waals surface area (Å²) in [7, 11) is 1.35. The van der Waals surface area contributed by atoms with Crippen molar-refractivity contribution in [2.45, 2.75) is 6.04 Å². The molecule has 0 radical (unpaired) electrons. The predicted molar refractivity (Wildman–Crippen MR) is 59.4 cm³/mol.